The van der Waals surface area contributed by atoms with Gasteiger partial charge in [0.1, 0.15) is 0 Å². The molecule has 0 aliphatic carbocycles. The van der Waals surface area contributed by atoms with Gasteiger partial charge in [-0.3, -0.25) is 0 Å². The number of nitrogens with one attached hydrogen (secondary N) is 1. The van der Waals surface area contributed by atoms with E-state index >= 15 is 0 Å². The molecule has 102 valence electrons. The summed E-state index contributed by atoms with van der Waals surface area (Å²) in [5.74, 6) is 0.772. The van der Waals surface area contributed by atoms with Gasteiger partial charge in [-0.1, -0.05) is 15.9 Å². The van der Waals surface area contributed by atoms with E-state index in [-0.39, 0.29) is 5.54 Å². The molecule has 0 bridgehead atoms. The Morgan fingerprint density at radius 1 is 1.26 bits per heavy atom. The highest BCUT2D eigenvalue weighted by Crippen LogP contribution is 2.25. The van der Waals surface area contributed by atoms with Crippen molar-refractivity contribution in [2.45, 2.75) is 32.9 Å². The maximum absolute atomic E-state index is 4.07. The molecule has 5 nitrogen and oxygen atoms in total. The summed E-state index contributed by atoms with van der Waals surface area (Å²) < 4.78 is 3.66. The number of aromatic nitrogens is 4. The maximum atomic E-state index is 4.07. The molecule has 2 rings (SSSR count). The second-order valence-electron chi connectivity index (χ2n) is 5.21. The summed E-state index contributed by atoms with van der Waals surface area (Å²) in [7, 11) is 0. The van der Waals surface area contributed by atoms with Crippen molar-refractivity contribution in [3.05, 3.63) is 33.0 Å². The summed E-state index contributed by atoms with van der Waals surface area (Å²) in [6.07, 6.45) is 0. The average molecular weight is 389 g/mol. The van der Waals surface area contributed by atoms with Crippen LogP contribution < -0.4 is 5.32 Å². The van der Waals surface area contributed by atoms with Crippen LogP contribution in [0.5, 0.6) is 0 Å². The van der Waals surface area contributed by atoms with Crippen LogP contribution in [0.2, 0.25) is 0 Å². The Morgan fingerprint density at radius 2 is 2.00 bits per heavy atom. The topological polar surface area (TPSA) is 55.6 Å². The average Bonchev–Trinajstić information content (AvgIpc) is 2.77. The van der Waals surface area contributed by atoms with E-state index in [0.717, 1.165) is 20.5 Å². The molecule has 0 aliphatic heterocycles. The highest BCUT2D eigenvalue weighted by molar-refractivity contribution is 9.11. The molecule has 0 radical (unpaired) electrons. The molecule has 1 N–H and O–H groups in total. The Labute approximate surface area is 129 Å². The Balaban J connectivity index is 2.31. The van der Waals surface area contributed by atoms with Gasteiger partial charge in [-0.15, -0.1) is 5.10 Å². The molecule has 0 saturated heterocycles. The van der Waals surface area contributed by atoms with E-state index in [9.17, 15) is 0 Å². The highest BCUT2D eigenvalue weighted by atomic mass is 79.9. The molecule has 0 unspecified atom stereocenters. The molecule has 0 atom stereocenters. The number of hydrogen-bond acceptors (Lipinski definition) is 4. The van der Waals surface area contributed by atoms with E-state index in [4.69, 9.17) is 0 Å². The summed E-state index contributed by atoms with van der Waals surface area (Å²) in [6, 6.07) is 5.90. The first-order valence-electron chi connectivity index (χ1n) is 5.84. The van der Waals surface area contributed by atoms with Crippen molar-refractivity contribution in [2.75, 3.05) is 0 Å². The van der Waals surface area contributed by atoms with Gasteiger partial charge in [-0.2, -0.15) is 4.68 Å². The standard InChI is InChI=1S/C12H15Br2N5/c1-12(2,3)15-7-11-16-17-18-19(11)10-6-8(13)4-5-9(10)14/h4-6,15H,7H2,1-3H3. The van der Waals surface area contributed by atoms with Crippen LogP contribution in [0, 0.1) is 0 Å². The van der Waals surface area contributed by atoms with Gasteiger partial charge in [-0.25, -0.2) is 0 Å². The zero-order valence-corrected chi connectivity index (χ0v) is 14.2. The van der Waals surface area contributed by atoms with Crippen molar-refractivity contribution in [3.8, 4) is 5.69 Å². The first-order valence-corrected chi connectivity index (χ1v) is 7.43. The van der Waals surface area contributed by atoms with Gasteiger partial charge in [0, 0.05) is 14.5 Å². The molecule has 0 aliphatic rings. The molecule has 19 heavy (non-hydrogen) atoms. The molecule has 1 aromatic carbocycles. The second-order valence-corrected chi connectivity index (χ2v) is 6.98. The minimum absolute atomic E-state index is 0.0191. The lowest BCUT2D eigenvalue weighted by Crippen LogP contribution is -2.36. The van der Waals surface area contributed by atoms with Gasteiger partial charge in [-0.05, 0) is 65.3 Å². The lowest BCUT2D eigenvalue weighted by molar-refractivity contribution is 0.415. The number of nitrogens with zero attached hydrogens (tertiary/aromatic N) is 4. The molecule has 0 fully saturated rings. The van der Waals surface area contributed by atoms with Crippen LogP contribution in [0.15, 0.2) is 27.1 Å². The van der Waals surface area contributed by atoms with Crippen molar-refractivity contribution in [3.63, 3.8) is 0 Å². The molecule has 0 amide bonds. The molecule has 1 heterocycles. The molecule has 2 aromatic rings. The van der Waals surface area contributed by atoms with Crippen molar-refractivity contribution < 1.29 is 0 Å². The van der Waals surface area contributed by atoms with Crippen LogP contribution >= 0.6 is 31.9 Å². The number of tetrazole rings is 1. The van der Waals surface area contributed by atoms with Gasteiger partial charge < -0.3 is 5.32 Å². The van der Waals surface area contributed by atoms with Crippen LogP contribution in [-0.4, -0.2) is 25.7 Å². The molecule has 1 aromatic heterocycles. The summed E-state index contributed by atoms with van der Waals surface area (Å²) in [6.45, 7) is 6.93. The summed E-state index contributed by atoms with van der Waals surface area (Å²) in [4.78, 5) is 0. The minimum Gasteiger partial charge on any atom is -0.305 e. The fourth-order valence-electron chi connectivity index (χ4n) is 1.50. The second kappa shape index (κ2) is 5.68. The van der Waals surface area contributed by atoms with E-state index in [1.54, 1.807) is 4.68 Å². The fourth-order valence-corrected chi connectivity index (χ4v) is 2.26. The quantitative estimate of drug-likeness (QED) is 0.877. The number of benzene rings is 1. The SMILES string of the molecule is CC(C)(C)NCc1nnnn1-c1cc(Br)ccc1Br. The molecule has 7 heteroatoms. The zero-order valence-electron chi connectivity index (χ0n) is 11.0. The van der Waals surface area contributed by atoms with Gasteiger partial charge in [0.25, 0.3) is 0 Å². The van der Waals surface area contributed by atoms with E-state index in [1.807, 2.05) is 18.2 Å². The Hall–Kier alpha value is -0.790. The number of rotatable bonds is 3. The molecular weight excluding hydrogens is 374 g/mol. The zero-order chi connectivity index (χ0) is 14.0. The van der Waals surface area contributed by atoms with Crippen LogP contribution in [0.25, 0.3) is 5.69 Å². The predicted molar refractivity (Wildman–Crippen MR) is 81.1 cm³/mol. The van der Waals surface area contributed by atoms with Crippen LogP contribution in [-0.2, 0) is 6.54 Å². The van der Waals surface area contributed by atoms with E-state index in [1.165, 1.54) is 0 Å². The lowest BCUT2D eigenvalue weighted by atomic mass is 10.1. The normalized spacial score (nSPS) is 11.8. The van der Waals surface area contributed by atoms with Gasteiger partial charge in [0.15, 0.2) is 5.82 Å². The molecule has 0 spiro atoms. The van der Waals surface area contributed by atoms with Gasteiger partial charge >= 0.3 is 0 Å². The maximum Gasteiger partial charge on any atom is 0.170 e. The largest absolute Gasteiger partial charge is 0.305 e. The monoisotopic (exact) mass is 387 g/mol. The molecule has 0 saturated carbocycles. The summed E-state index contributed by atoms with van der Waals surface area (Å²) >= 11 is 6.98. The van der Waals surface area contributed by atoms with Gasteiger partial charge in [0.05, 0.1) is 12.2 Å². The summed E-state index contributed by atoms with van der Waals surface area (Å²) in [5.41, 5.74) is 0.927. The smallest absolute Gasteiger partial charge is 0.170 e. The minimum atomic E-state index is 0.0191. The number of halogens is 2. The fraction of sp³-hybridized carbons (Fsp3) is 0.417. The Bertz CT molecular complexity index is 574. The van der Waals surface area contributed by atoms with E-state index < -0.39 is 0 Å². The third kappa shape index (κ3) is 3.84. The van der Waals surface area contributed by atoms with Crippen LogP contribution in [0.3, 0.4) is 0 Å². The highest BCUT2D eigenvalue weighted by Gasteiger charge is 2.15. The summed E-state index contributed by atoms with van der Waals surface area (Å²) in [5, 5.41) is 15.3. The Morgan fingerprint density at radius 3 is 2.68 bits per heavy atom. The first-order chi connectivity index (χ1) is 8.87. The van der Waals surface area contributed by atoms with Crippen LogP contribution in [0.1, 0.15) is 26.6 Å². The molecular formula is C12H15Br2N5. The van der Waals surface area contributed by atoms with Crippen molar-refractivity contribution in [1.29, 1.82) is 0 Å². The number of hydrogen-bond donors (Lipinski definition) is 1. The Kier molecular flexibility index (Phi) is 4.37. The predicted octanol–water partition coefficient (Wildman–Crippen LogP) is 3.08. The van der Waals surface area contributed by atoms with E-state index in [2.05, 4.69) is 73.5 Å². The van der Waals surface area contributed by atoms with Gasteiger partial charge in [0.2, 0.25) is 0 Å². The first kappa shape index (κ1) is 14.6. The van der Waals surface area contributed by atoms with E-state index in [0.29, 0.717) is 6.54 Å². The third-order valence-corrected chi connectivity index (χ3v) is 3.61. The van der Waals surface area contributed by atoms with Crippen molar-refractivity contribution in [2.24, 2.45) is 0 Å². The van der Waals surface area contributed by atoms with Crippen molar-refractivity contribution >= 4 is 31.9 Å². The lowest BCUT2D eigenvalue weighted by Gasteiger charge is -2.20. The van der Waals surface area contributed by atoms with Crippen LogP contribution in [0.4, 0.5) is 0 Å². The third-order valence-electron chi connectivity index (χ3n) is 2.45. The van der Waals surface area contributed by atoms with Crippen molar-refractivity contribution in [1.82, 2.24) is 25.5 Å².